The highest BCUT2D eigenvalue weighted by atomic mass is 16.5. The van der Waals surface area contributed by atoms with Crippen LogP contribution in [0.1, 0.15) is 31.4 Å². The van der Waals surface area contributed by atoms with Crippen LogP contribution in [0.5, 0.6) is 5.75 Å². The van der Waals surface area contributed by atoms with Crippen LogP contribution in [0, 0.1) is 5.92 Å². The SMILES string of the molecule is CC1CC(n2cc(-c3cccc(OCc4ccccc4)c3)c3c(N)ncnc32)C1. The first-order valence-corrected chi connectivity index (χ1v) is 10.1. The van der Waals surface area contributed by atoms with E-state index < -0.39 is 0 Å². The molecule has 0 bridgehead atoms. The highest BCUT2D eigenvalue weighted by molar-refractivity contribution is 6.00. The third-order valence-electron chi connectivity index (χ3n) is 5.77. The van der Waals surface area contributed by atoms with Gasteiger partial charge in [0.15, 0.2) is 0 Å². The zero-order valence-corrected chi connectivity index (χ0v) is 16.5. The average molecular weight is 384 g/mol. The van der Waals surface area contributed by atoms with Crippen molar-refractivity contribution in [3.05, 3.63) is 72.7 Å². The van der Waals surface area contributed by atoms with Gasteiger partial charge in [-0.1, -0.05) is 49.4 Å². The summed E-state index contributed by atoms with van der Waals surface area (Å²) in [7, 11) is 0. The first-order chi connectivity index (χ1) is 14.2. The van der Waals surface area contributed by atoms with Crippen LogP contribution in [-0.4, -0.2) is 14.5 Å². The molecule has 5 rings (SSSR count). The first-order valence-electron chi connectivity index (χ1n) is 10.1. The molecule has 2 heterocycles. The minimum atomic E-state index is 0.480. The van der Waals surface area contributed by atoms with Crippen LogP contribution < -0.4 is 10.5 Å². The minimum Gasteiger partial charge on any atom is -0.489 e. The number of nitrogen functional groups attached to an aromatic ring is 1. The standard InChI is InChI=1S/C24H24N4O/c1-16-10-19(11-16)28-13-21(22-23(25)26-15-27-24(22)28)18-8-5-9-20(12-18)29-14-17-6-3-2-4-7-17/h2-9,12-13,15-16,19H,10-11,14H2,1H3,(H2,25,26,27). The van der Waals surface area contributed by atoms with Gasteiger partial charge in [0.1, 0.15) is 30.1 Å². The van der Waals surface area contributed by atoms with Gasteiger partial charge in [-0.3, -0.25) is 0 Å². The van der Waals surface area contributed by atoms with Gasteiger partial charge in [0.2, 0.25) is 0 Å². The Balaban J connectivity index is 1.50. The number of hydrogen-bond acceptors (Lipinski definition) is 4. The lowest BCUT2D eigenvalue weighted by Gasteiger charge is -2.34. The zero-order valence-electron chi connectivity index (χ0n) is 16.5. The van der Waals surface area contributed by atoms with Gasteiger partial charge in [-0.2, -0.15) is 0 Å². The molecule has 1 fully saturated rings. The van der Waals surface area contributed by atoms with E-state index in [4.69, 9.17) is 10.5 Å². The van der Waals surface area contributed by atoms with Crippen molar-refractivity contribution in [2.24, 2.45) is 5.92 Å². The van der Waals surface area contributed by atoms with Crippen LogP contribution in [0.3, 0.4) is 0 Å². The number of benzene rings is 2. The zero-order chi connectivity index (χ0) is 19.8. The molecule has 1 aliphatic rings. The number of nitrogens with zero attached hydrogens (tertiary/aromatic N) is 3. The molecule has 2 aromatic carbocycles. The second-order valence-electron chi connectivity index (χ2n) is 7.94. The summed E-state index contributed by atoms with van der Waals surface area (Å²) in [6.45, 7) is 2.83. The van der Waals surface area contributed by atoms with Gasteiger partial charge in [0.25, 0.3) is 0 Å². The average Bonchev–Trinajstić information content (AvgIpc) is 3.11. The van der Waals surface area contributed by atoms with Crippen LogP contribution in [0.2, 0.25) is 0 Å². The summed E-state index contributed by atoms with van der Waals surface area (Å²) in [5, 5.41) is 0.923. The Morgan fingerprint density at radius 1 is 1.07 bits per heavy atom. The van der Waals surface area contributed by atoms with Gasteiger partial charge in [-0.05, 0) is 42.0 Å². The van der Waals surface area contributed by atoms with Crippen molar-refractivity contribution in [2.45, 2.75) is 32.4 Å². The number of hydrogen-bond donors (Lipinski definition) is 1. The van der Waals surface area contributed by atoms with Gasteiger partial charge in [0, 0.05) is 17.8 Å². The summed E-state index contributed by atoms with van der Waals surface area (Å²) in [6.07, 6.45) is 6.09. The number of rotatable bonds is 5. The highest BCUT2D eigenvalue weighted by Crippen LogP contribution is 2.42. The van der Waals surface area contributed by atoms with E-state index >= 15 is 0 Å². The van der Waals surface area contributed by atoms with E-state index in [0.29, 0.717) is 18.5 Å². The van der Waals surface area contributed by atoms with Gasteiger partial charge in [0.05, 0.1) is 5.39 Å². The van der Waals surface area contributed by atoms with Crippen molar-refractivity contribution < 1.29 is 4.74 Å². The van der Waals surface area contributed by atoms with Crippen LogP contribution in [0.25, 0.3) is 22.2 Å². The predicted molar refractivity (Wildman–Crippen MR) is 116 cm³/mol. The van der Waals surface area contributed by atoms with Crippen molar-refractivity contribution in [3.63, 3.8) is 0 Å². The Bertz CT molecular complexity index is 1150. The van der Waals surface area contributed by atoms with Crippen molar-refractivity contribution in [1.29, 1.82) is 0 Å². The molecule has 29 heavy (non-hydrogen) atoms. The van der Waals surface area contributed by atoms with E-state index in [0.717, 1.165) is 39.4 Å². The molecule has 0 aliphatic heterocycles. The van der Waals surface area contributed by atoms with E-state index in [2.05, 4.69) is 51.9 Å². The van der Waals surface area contributed by atoms with Gasteiger partial charge < -0.3 is 15.0 Å². The van der Waals surface area contributed by atoms with Gasteiger partial charge >= 0.3 is 0 Å². The quantitative estimate of drug-likeness (QED) is 0.512. The second-order valence-corrected chi connectivity index (χ2v) is 7.94. The minimum absolute atomic E-state index is 0.480. The molecule has 5 nitrogen and oxygen atoms in total. The number of aromatic nitrogens is 3. The summed E-state index contributed by atoms with van der Waals surface area (Å²) < 4.78 is 8.31. The fourth-order valence-corrected chi connectivity index (χ4v) is 4.19. The molecule has 1 saturated carbocycles. The maximum atomic E-state index is 6.27. The van der Waals surface area contributed by atoms with E-state index in [-0.39, 0.29) is 0 Å². The number of ether oxygens (including phenoxy) is 1. The predicted octanol–water partition coefficient (Wildman–Crippen LogP) is 5.23. The van der Waals surface area contributed by atoms with E-state index in [9.17, 15) is 0 Å². The van der Waals surface area contributed by atoms with E-state index in [1.807, 2.05) is 30.3 Å². The third kappa shape index (κ3) is 3.33. The largest absolute Gasteiger partial charge is 0.489 e. The lowest BCUT2D eigenvalue weighted by Crippen LogP contribution is -2.24. The summed E-state index contributed by atoms with van der Waals surface area (Å²) in [4.78, 5) is 8.80. The van der Waals surface area contributed by atoms with Gasteiger partial charge in [-0.25, -0.2) is 9.97 Å². The van der Waals surface area contributed by atoms with Gasteiger partial charge in [-0.15, -0.1) is 0 Å². The monoisotopic (exact) mass is 384 g/mol. The van der Waals surface area contributed by atoms with Crippen molar-refractivity contribution in [2.75, 3.05) is 5.73 Å². The molecule has 5 heteroatoms. The topological polar surface area (TPSA) is 66.0 Å². The normalized spacial score (nSPS) is 18.5. The highest BCUT2D eigenvalue weighted by Gasteiger charge is 2.29. The Morgan fingerprint density at radius 3 is 2.69 bits per heavy atom. The molecule has 2 aromatic heterocycles. The van der Waals surface area contributed by atoms with E-state index in [1.165, 1.54) is 12.8 Å². The first kappa shape index (κ1) is 17.7. The van der Waals surface area contributed by atoms with Crippen LogP contribution in [0.15, 0.2) is 67.1 Å². The second kappa shape index (κ2) is 7.24. The molecule has 1 aliphatic carbocycles. The fourth-order valence-electron chi connectivity index (χ4n) is 4.19. The molecule has 2 N–H and O–H groups in total. The molecule has 4 aromatic rings. The van der Waals surface area contributed by atoms with Crippen molar-refractivity contribution >= 4 is 16.9 Å². The Labute approximate surface area is 170 Å². The number of anilines is 1. The van der Waals surface area contributed by atoms with Crippen LogP contribution in [-0.2, 0) is 6.61 Å². The van der Waals surface area contributed by atoms with Crippen LogP contribution in [0.4, 0.5) is 5.82 Å². The summed E-state index contributed by atoms with van der Waals surface area (Å²) in [5.41, 5.74) is 10.5. The maximum absolute atomic E-state index is 6.27. The number of nitrogens with two attached hydrogens (primary N) is 1. The molecule has 0 amide bonds. The van der Waals surface area contributed by atoms with Crippen LogP contribution >= 0.6 is 0 Å². The number of fused-ring (bicyclic) bond motifs is 1. The molecule has 0 unspecified atom stereocenters. The maximum Gasteiger partial charge on any atom is 0.146 e. The molecular formula is C24H24N4O. The molecule has 0 spiro atoms. The third-order valence-corrected chi connectivity index (χ3v) is 5.77. The fraction of sp³-hybridized carbons (Fsp3) is 0.250. The van der Waals surface area contributed by atoms with E-state index in [1.54, 1.807) is 6.33 Å². The molecular weight excluding hydrogens is 360 g/mol. The molecule has 0 saturated heterocycles. The van der Waals surface area contributed by atoms with Crippen molar-refractivity contribution in [3.8, 4) is 16.9 Å². The molecule has 0 radical (unpaired) electrons. The summed E-state index contributed by atoms with van der Waals surface area (Å²) in [5.74, 6) is 2.11. The Hall–Kier alpha value is -3.34. The molecule has 0 atom stereocenters. The lowest BCUT2D eigenvalue weighted by molar-refractivity contribution is 0.220. The van der Waals surface area contributed by atoms with Crippen molar-refractivity contribution in [1.82, 2.24) is 14.5 Å². The summed E-state index contributed by atoms with van der Waals surface area (Å²) >= 11 is 0. The summed E-state index contributed by atoms with van der Waals surface area (Å²) in [6, 6.07) is 18.8. The Kier molecular flexibility index (Phi) is 4.43. The lowest BCUT2D eigenvalue weighted by atomic mass is 9.82. The molecule has 146 valence electrons. The Morgan fingerprint density at radius 2 is 1.90 bits per heavy atom. The smallest absolute Gasteiger partial charge is 0.146 e.